The lowest BCUT2D eigenvalue weighted by Gasteiger charge is -2.10. The highest BCUT2D eigenvalue weighted by molar-refractivity contribution is 6.32. The summed E-state index contributed by atoms with van der Waals surface area (Å²) in [6.45, 7) is -1.39. The van der Waals surface area contributed by atoms with Crippen molar-refractivity contribution in [3.63, 3.8) is 0 Å². The second-order valence-electron chi connectivity index (χ2n) is 5.41. The zero-order valence-electron chi connectivity index (χ0n) is 14.4. The Morgan fingerprint density at radius 1 is 1.14 bits per heavy atom. The molecular formula is C17H12ClF3N2O6. The third-order valence-corrected chi connectivity index (χ3v) is 3.65. The summed E-state index contributed by atoms with van der Waals surface area (Å²) in [6, 6.07) is 7.92. The number of anilines is 1. The van der Waals surface area contributed by atoms with Crippen molar-refractivity contribution in [1.29, 1.82) is 0 Å². The summed E-state index contributed by atoms with van der Waals surface area (Å²) < 4.78 is 47.8. The maximum Gasteiger partial charge on any atom is 0.416 e. The average Bonchev–Trinajstić information content (AvgIpc) is 2.65. The van der Waals surface area contributed by atoms with Crippen LogP contribution in [0.3, 0.4) is 0 Å². The molecule has 12 heteroatoms. The fraction of sp³-hybridized carbons (Fsp3) is 0.176. The van der Waals surface area contributed by atoms with Gasteiger partial charge in [0, 0.05) is 6.07 Å². The van der Waals surface area contributed by atoms with Gasteiger partial charge in [-0.3, -0.25) is 14.9 Å². The third-order valence-electron chi connectivity index (χ3n) is 3.34. The molecule has 1 amide bonds. The summed E-state index contributed by atoms with van der Waals surface area (Å²) in [5.41, 5.74) is -2.68. The van der Waals surface area contributed by atoms with E-state index in [-0.39, 0.29) is 10.8 Å². The first-order chi connectivity index (χ1) is 13.6. The third kappa shape index (κ3) is 6.35. The minimum atomic E-state index is -4.79. The molecule has 8 nitrogen and oxygen atoms in total. The van der Waals surface area contributed by atoms with Crippen LogP contribution in [0.1, 0.15) is 5.56 Å². The Bertz CT molecular complexity index is 936. The summed E-state index contributed by atoms with van der Waals surface area (Å²) >= 11 is 5.84. The maximum absolute atomic E-state index is 12.7. The predicted octanol–water partition coefficient (Wildman–Crippen LogP) is 3.83. The molecule has 0 radical (unpaired) electrons. The van der Waals surface area contributed by atoms with Crippen molar-refractivity contribution < 1.29 is 37.2 Å². The van der Waals surface area contributed by atoms with E-state index in [9.17, 15) is 32.9 Å². The Balaban J connectivity index is 1.92. The Hall–Kier alpha value is -3.34. The number of alkyl halides is 3. The summed E-state index contributed by atoms with van der Waals surface area (Å²) in [7, 11) is 0. The van der Waals surface area contributed by atoms with Crippen LogP contribution in [0.4, 0.5) is 24.5 Å². The van der Waals surface area contributed by atoms with Gasteiger partial charge in [-0.15, -0.1) is 0 Å². The largest absolute Gasteiger partial charge is 0.480 e. The zero-order valence-corrected chi connectivity index (χ0v) is 15.1. The molecule has 0 aliphatic carbocycles. The number of benzene rings is 2. The molecule has 2 rings (SSSR count). The molecule has 0 heterocycles. The van der Waals surface area contributed by atoms with Gasteiger partial charge in [0.25, 0.3) is 11.6 Å². The number of esters is 1. The van der Waals surface area contributed by atoms with Crippen molar-refractivity contribution in [3.8, 4) is 5.75 Å². The van der Waals surface area contributed by atoms with Crippen molar-refractivity contribution in [2.45, 2.75) is 6.18 Å². The normalized spacial score (nSPS) is 10.9. The number of carbonyl (C=O) groups excluding carboxylic acids is 2. The van der Waals surface area contributed by atoms with Gasteiger partial charge in [0.2, 0.25) is 0 Å². The van der Waals surface area contributed by atoms with Crippen molar-refractivity contribution in [3.05, 3.63) is 63.2 Å². The SMILES string of the molecule is O=C(COC(=O)COc1ccccc1Cl)Nc1ccc(C(F)(F)F)cc1[N+](=O)[O-]. The van der Waals surface area contributed by atoms with Gasteiger partial charge in [0.1, 0.15) is 11.4 Å². The first-order valence-corrected chi connectivity index (χ1v) is 8.14. The van der Waals surface area contributed by atoms with Gasteiger partial charge < -0.3 is 14.8 Å². The van der Waals surface area contributed by atoms with Crippen LogP contribution < -0.4 is 10.1 Å². The quantitative estimate of drug-likeness (QED) is 0.405. The van der Waals surface area contributed by atoms with E-state index < -0.39 is 53.1 Å². The number of halogens is 4. The fourth-order valence-electron chi connectivity index (χ4n) is 2.04. The summed E-state index contributed by atoms with van der Waals surface area (Å²) in [4.78, 5) is 33.3. The molecule has 0 atom stereocenters. The number of carbonyl (C=O) groups is 2. The average molecular weight is 433 g/mol. The van der Waals surface area contributed by atoms with Crippen LogP contribution in [0.15, 0.2) is 42.5 Å². The molecular weight excluding hydrogens is 421 g/mol. The highest BCUT2D eigenvalue weighted by Crippen LogP contribution is 2.34. The van der Waals surface area contributed by atoms with Crippen molar-refractivity contribution in [2.24, 2.45) is 0 Å². The van der Waals surface area contributed by atoms with Gasteiger partial charge in [-0.2, -0.15) is 13.2 Å². The summed E-state index contributed by atoms with van der Waals surface area (Å²) in [6.07, 6.45) is -4.79. The molecule has 154 valence electrons. The van der Waals surface area contributed by atoms with E-state index >= 15 is 0 Å². The molecule has 0 aliphatic heterocycles. The van der Waals surface area contributed by atoms with Gasteiger partial charge in [-0.05, 0) is 24.3 Å². The van der Waals surface area contributed by atoms with Gasteiger partial charge >= 0.3 is 12.1 Å². The number of nitrogens with one attached hydrogen (secondary N) is 1. The van der Waals surface area contributed by atoms with Crippen LogP contribution in [0.2, 0.25) is 5.02 Å². The number of nitro groups is 1. The highest BCUT2D eigenvalue weighted by Gasteiger charge is 2.33. The van der Waals surface area contributed by atoms with Crippen LogP contribution in [-0.2, 0) is 20.5 Å². The number of nitrogens with zero attached hydrogens (tertiary/aromatic N) is 1. The predicted molar refractivity (Wildman–Crippen MR) is 94.6 cm³/mol. The summed E-state index contributed by atoms with van der Waals surface area (Å²) in [5, 5.41) is 13.2. The van der Waals surface area contributed by atoms with Crippen LogP contribution in [0.25, 0.3) is 0 Å². The first-order valence-electron chi connectivity index (χ1n) is 7.76. The Labute approximate surface area is 166 Å². The van der Waals surface area contributed by atoms with E-state index in [4.69, 9.17) is 16.3 Å². The van der Waals surface area contributed by atoms with E-state index in [2.05, 4.69) is 4.74 Å². The molecule has 29 heavy (non-hydrogen) atoms. The van der Waals surface area contributed by atoms with Gasteiger partial charge in [-0.25, -0.2) is 4.79 Å². The van der Waals surface area contributed by atoms with E-state index in [1.54, 1.807) is 12.1 Å². The number of hydrogen-bond acceptors (Lipinski definition) is 6. The van der Waals surface area contributed by atoms with Crippen LogP contribution in [0.5, 0.6) is 5.75 Å². The van der Waals surface area contributed by atoms with Crippen LogP contribution >= 0.6 is 11.6 Å². The molecule has 1 N–H and O–H groups in total. The van der Waals surface area contributed by atoms with E-state index in [1.807, 2.05) is 5.32 Å². The van der Waals surface area contributed by atoms with Crippen LogP contribution in [0, 0.1) is 10.1 Å². The number of hydrogen-bond donors (Lipinski definition) is 1. The fourth-order valence-corrected chi connectivity index (χ4v) is 2.23. The van der Waals surface area contributed by atoms with Gasteiger partial charge in [0.05, 0.1) is 15.5 Å². The monoisotopic (exact) mass is 432 g/mol. The van der Waals surface area contributed by atoms with Crippen molar-refractivity contribution in [2.75, 3.05) is 18.5 Å². The smallest absolute Gasteiger partial charge is 0.416 e. The Morgan fingerprint density at radius 3 is 2.45 bits per heavy atom. The van der Waals surface area contributed by atoms with Crippen molar-refractivity contribution in [1.82, 2.24) is 0 Å². The second kappa shape index (κ2) is 9.24. The number of rotatable bonds is 7. The lowest BCUT2D eigenvalue weighted by Crippen LogP contribution is -2.24. The molecule has 0 saturated carbocycles. The van der Waals surface area contributed by atoms with Gasteiger partial charge in [0.15, 0.2) is 13.2 Å². The number of nitro benzene ring substituents is 1. The molecule has 0 aliphatic rings. The molecule has 2 aromatic carbocycles. The van der Waals surface area contributed by atoms with Crippen molar-refractivity contribution >= 4 is 34.9 Å². The number of ether oxygens (including phenoxy) is 2. The lowest BCUT2D eigenvalue weighted by atomic mass is 10.1. The highest BCUT2D eigenvalue weighted by atomic mass is 35.5. The van der Waals surface area contributed by atoms with Gasteiger partial charge in [-0.1, -0.05) is 23.7 Å². The van der Waals surface area contributed by atoms with E-state index in [1.165, 1.54) is 12.1 Å². The minimum Gasteiger partial charge on any atom is -0.480 e. The molecule has 0 fully saturated rings. The summed E-state index contributed by atoms with van der Waals surface area (Å²) in [5.74, 6) is -1.70. The topological polar surface area (TPSA) is 108 Å². The molecule has 0 saturated heterocycles. The Kier molecular flexibility index (Phi) is 6.99. The molecule has 0 aromatic heterocycles. The lowest BCUT2D eigenvalue weighted by molar-refractivity contribution is -0.384. The molecule has 0 bridgehead atoms. The van der Waals surface area contributed by atoms with Crippen LogP contribution in [-0.4, -0.2) is 30.0 Å². The maximum atomic E-state index is 12.7. The standard InChI is InChI=1S/C17H12ClF3N2O6/c18-11-3-1-2-4-14(11)28-9-16(25)29-8-15(24)22-12-6-5-10(17(19,20)21)7-13(12)23(26)27/h1-7H,8-9H2,(H,22,24). The minimum absolute atomic E-state index is 0.218. The van der Waals surface area contributed by atoms with E-state index in [0.29, 0.717) is 12.1 Å². The molecule has 2 aromatic rings. The number of amides is 1. The molecule has 0 spiro atoms. The molecule has 0 unspecified atom stereocenters. The number of para-hydroxylation sites is 1. The van der Waals surface area contributed by atoms with E-state index in [0.717, 1.165) is 6.07 Å². The Morgan fingerprint density at radius 2 is 1.83 bits per heavy atom. The first kappa shape index (κ1) is 22.0. The second-order valence-corrected chi connectivity index (χ2v) is 5.82. The zero-order chi connectivity index (χ0) is 21.6.